The van der Waals surface area contributed by atoms with E-state index >= 15 is 0 Å². The van der Waals surface area contributed by atoms with Crippen molar-refractivity contribution in [2.75, 3.05) is 0 Å². The topological polar surface area (TPSA) is 141 Å². The van der Waals surface area contributed by atoms with E-state index in [1.54, 1.807) is 0 Å². The van der Waals surface area contributed by atoms with Crippen LogP contribution in [-0.4, -0.2) is 30.4 Å². The first kappa shape index (κ1) is 17.5. The number of aliphatic carboxylic acids is 1. The quantitative estimate of drug-likeness (QED) is 0.494. The molecule has 0 amide bonds. The van der Waals surface area contributed by atoms with E-state index in [-0.39, 0.29) is 0 Å². The normalized spacial score (nSPS) is 9.90. The molecule has 1 N–H and O–H groups in total. The van der Waals surface area contributed by atoms with Gasteiger partial charge in [-0.1, -0.05) is 12.1 Å². The number of para-hydroxylation sites is 1. The third kappa shape index (κ3) is 5.91. The summed E-state index contributed by atoms with van der Waals surface area (Å²) in [6.45, 7) is 1.98. The lowest BCUT2D eigenvalue weighted by molar-refractivity contribution is -0.387. The van der Waals surface area contributed by atoms with Crippen molar-refractivity contribution in [3.05, 3.63) is 34.4 Å². The van der Waals surface area contributed by atoms with Gasteiger partial charge in [0.2, 0.25) is 0 Å². The van der Waals surface area contributed by atoms with Crippen molar-refractivity contribution in [3.63, 3.8) is 0 Å². The molecule has 0 aliphatic heterocycles. The molecule has 0 heterocycles. The predicted molar refractivity (Wildman–Crippen MR) is 65.4 cm³/mol. The van der Waals surface area contributed by atoms with Crippen LogP contribution >= 0.6 is 0 Å². The molecule has 110 valence electrons. The number of carboxylic acid groups (broad SMARTS) is 1. The number of carboxylic acids is 1. The van der Waals surface area contributed by atoms with Crippen LogP contribution in [0.5, 0.6) is 0 Å². The van der Waals surface area contributed by atoms with Crippen LogP contribution in [0, 0.1) is 10.1 Å². The average Bonchev–Trinajstić information content (AvgIpc) is 2.26. The van der Waals surface area contributed by atoms with Crippen molar-refractivity contribution in [2.45, 2.75) is 18.7 Å². The first-order chi connectivity index (χ1) is 9.08. The second-order valence-corrected chi connectivity index (χ2v) is 4.79. The summed E-state index contributed by atoms with van der Waals surface area (Å²) in [5, 5.41) is 18.0. The number of nitrogens with zero attached hydrogens (tertiary/aromatic N) is 1. The molecule has 1 rings (SSSR count). The summed E-state index contributed by atoms with van der Waals surface area (Å²) in [6, 6.07) is 4.61. The van der Waals surface area contributed by atoms with Gasteiger partial charge in [-0.2, -0.15) is 8.42 Å². The van der Waals surface area contributed by atoms with Crippen LogP contribution in [-0.2, 0) is 23.9 Å². The molecule has 0 radical (unpaired) electrons. The molecule has 9 nitrogen and oxygen atoms in total. The fraction of sp³-hybridized carbons (Fsp3) is 0.200. The minimum absolute atomic E-state index is 0.635. The predicted octanol–water partition coefficient (Wildman–Crippen LogP) is 0.938. The number of hydrogen-bond donors (Lipinski definition) is 1. The van der Waals surface area contributed by atoms with Gasteiger partial charge in [-0.3, -0.25) is 19.7 Å². The Morgan fingerprint density at radius 1 is 1.25 bits per heavy atom. The van der Waals surface area contributed by atoms with Crippen molar-refractivity contribution in [1.29, 1.82) is 0 Å². The highest BCUT2D eigenvalue weighted by atomic mass is 32.2. The average molecular weight is 305 g/mol. The summed E-state index contributed by atoms with van der Waals surface area (Å²) in [6.07, 6.45) is 0. The third-order valence-electron chi connectivity index (χ3n) is 1.56. The van der Waals surface area contributed by atoms with Gasteiger partial charge >= 0.3 is 16.1 Å². The van der Waals surface area contributed by atoms with E-state index in [9.17, 15) is 23.3 Å². The van der Waals surface area contributed by atoms with Gasteiger partial charge in [0.05, 0.1) is 4.92 Å². The number of hydrogen-bond acceptors (Lipinski definition) is 7. The summed E-state index contributed by atoms with van der Waals surface area (Å²) in [5.74, 6) is -1.89. The van der Waals surface area contributed by atoms with Crippen molar-refractivity contribution in [3.8, 4) is 0 Å². The molecule has 0 atom stereocenters. The monoisotopic (exact) mass is 305 g/mol. The van der Waals surface area contributed by atoms with Gasteiger partial charge in [0.25, 0.3) is 11.7 Å². The first-order valence-electron chi connectivity index (χ1n) is 4.96. The van der Waals surface area contributed by atoms with Crippen LogP contribution < -0.4 is 0 Å². The molecular weight excluding hydrogens is 294 g/mol. The molecular formula is C10H11NO8S. The van der Waals surface area contributed by atoms with Crippen molar-refractivity contribution in [1.82, 2.24) is 0 Å². The van der Waals surface area contributed by atoms with Crippen LogP contribution in [0.1, 0.15) is 13.8 Å². The summed E-state index contributed by atoms with van der Waals surface area (Å²) in [5.41, 5.74) is -0.635. The molecule has 0 aliphatic rings. The minimum Gasteiger partial charge on any atom is -0.481 e. The van der Waals surface area contributed by atoms with E-state index in [2.05, 4.69) is 4.18 Å². The Balaban J connectivity index is 0.000000796. The standard InChI is InChI=1S/C8H7NO6S.C2H4O2/c1-6(10)15-16(13,14)8-5-3-2-4-7(8)9(11)12;1-2(3)4/h2-5H,1H3;1H3,(H,3,4). The van der Waals surface area contributed by atoms with E-state index in [0.717, 1.165) is 26.0 Å². The molecule has 0 spiro atoms. The van der Waals surface area contributed by atoms with Crippen molar-refractivity contribution >= 4 is 27.7 Å². The molecule has 0 unspecified atom stereocenters. The first-order valence-corrected chi connectivity index (χ1v) is 6.36. The van der Waals surface area contributed by atoms with Gasteiger partial charge in [-0.25, -0.2) is 0 Å². The van der Waals surface area contributed by atoms with Gasteiger partial charge in [0, 0.05) is 19.9 Å². The maximum absolute atomic E-state index is 11.4. The zero-order valence-corrected chi connectivity index (χ0v) is 11.3. The fourth-order valence-corrected chi connectivity index (χ4v) is 2.06. The van der Waals surface area contributed by atoms with Crippen molar-refractivity contribution in [2.24, 2.45) is 0 Å². The maximum atomic E-state index is 11.4. The number of rotatable bonds is 3. The lowest BCUT2D eigenvalue weighted by atomic mass is 10.3. The Bertz CT molecular complexity index is 618. The van der Waals surface area contributed by atoms with E-state index in [0.29, 0.717) is 0 Å². The van der Waals surface area contributed by atoms with Crippen LogP contribution in [0.3, 0.4) is 0 Å². The molecule has 20 heavy (non-hydrogen) atoms. The van der Waals surface area contributed by atoms with Crippen LogP contribution in [0.25, 0.3) is 0 Å². The van der Waals surface area contributed by atoms with Gasteiger partial charge in [0.1, 0.15) is 0 Å². The zero-order chi connectivity index (χ0) is 15.9. The molecule has 1 aromatic carbocycles. The van der Waals surface area contributed by atoms with Crippen molar-refractivity contribution < 1.29 is 32.2 Å². The van der Waals surface area contributed by atoms with E-state index in [4.69, 9.17) is 9.90 Å². The highest BCUT2D eigenvalue weighted by Gasteiger charge is 2.27. The Morgan fingerprint density at radius 3 is 2.10 bits per heavy atom. The number of carbonyl (C=O) groups is 2. The number of carbonyl (C=O) groups excluding carboxylic acids is 1. The molecule has 0 bridgehead atoms. The molecule has 0 saturated carbocycles. The van der Waals surface area contributed by atoms with Gasteiger partial charge in [0.15, 0.2) is 4.90 Å². The lowest BCUT2D eigenvalue weighted by Gasteiger charge is -2.03. The van der Waals surface area contributed by atoms with Gasteiger partial charge < -0.3 is 9.29 Å². The molecule has 1 aromatic rings. The number of benzene rings is 1. The summed E-state index contributed by atoms with van der Waals surface area (Å²) in [7, 11) is -4.43. The van der Waals surface area contributed by atoms with Crippen LogP contribution in [0.15, 0.2) is 29.2 Å². The highest BCUT2D eigenvalue weighted by molar-refractivity contribution is 7.87. The summed E-state index contributed by atoms with van der Waals surface area (Å²) < 4.78 is 26.9. The molecule has 0 saturated heterocycles. The molecule has 10 heteroatoms. The van der Waals surface area contributed by atoms with E-state index in [1.807, 2.05) is 0 Å². The lowest BCUT2D eigenvalue weighted by Crippen LogP contribution is -2.12. The number of nitro benzene ring substituents is 1. The Labute approximate surface area is 114 Å². The Hall–Kier alpha value is -2.49. The Kier molecular flexibility index (Phi) is 6.29. The fourth-order valence-electron chi connectivity index (χ4n) is 1.02. The maximum Gasteiger partial charge on any atom is 0.348 e. The smallest absolute Gasteiger partial charge is 0.348 e. The highest BCUT2D eigenvalue weighted by Crippen LogP contribution is 2.24. The molecule has 0 aromatic heterocycles. The van der Waals surface area contributed by atoms with Gasteiger partial charge in [-0.15, -0.1) is 0 Å². The second kappa shape index (κ2) is 7.19. The summed E-state index contributed by atoms with van der Waals surface area (Å²) in [4.78, 5) is 28.6. The largest absolute Gasteiger partial charge is 0.481 e. The Morgan fingerprint density at radius 2 is 1.70 bits per heavy atom. The third-order valence-corrected chi connectivity index (χ3v) is 2.90. The SMILES string of the molecule is CC(=O)O.CC(=O)OS(=O)(=O)c1ccccc1[N+](=O)[O-]. The van der Waals surface area contributed by atoms with Crippen LogP contribution in [0.4, 0.5) is 5.69 Å². The van der Waals surface area contributed by atoms with Crippen LogP contribution in [0.2, 0.25) is 0 Å². The number of nitro groups is 1. The van der Waals surface area contributed by atoms with Gasteiger partial charge in [-0.05, 0) is 6.07 Å². The minimum atomic E-state index is -4.43. The zero-order valence-electron chi connectivity index (χ0n) is 10.5. The van der Waals surface area contributed by atoms with E-state index < -0.39 is 37.6 Å². The second-order valence-electron chi connectivity index (χ2n) is 3.27. The molecule has 0 aliphatic carbocycles. The molecule has 0 fully saturated rings. The van der Waals surface area contributed by atoms with E-state index in [1.165, 1.54) is 12.1 Å². The summed E-state index contributed by atoms with van der Waals surface area (Å²) >= 11 is 0.